The van der Waals surface area contributed by atoms with Crippen LogP contribution in [0.3, 0.4) is 0 Å². The molecule has 1 aromatic heterocycles. The minimum Gasteiger partial charge on any atom is -0.354 e. The summed E-state index contributed by atoms with van der Waals surface area (Å²) in [4.78, 5) is 8.34. The molecule has 21 heavy (non-hydrogen) atoms. The van der Waals surface area contributed by atoms with Gasteiger partial charge in [0.2, 0.25) is 5.95 Å². The summed E-state index contributed by atoms with van der Waals surface area (Å²) in [6.45, 7) is 2.76. The molecule has 8 heteroatoms. The van der Waals surface area contributed by atoms with Gasteiger partial charge in [-0.25, -0.2) is 13.8 Å². The molecule has 0 unspecified atom stereocenters. The molecule has 0 saturated carbocycles. The van der Waals surface area contributed by atoms with Gasteiger partial charge in [0.15, 0.2) is 0 Å². The van der Waals surface area contributed by atoms with Gasteiger partial charge in [0.25, 0.3) is 0 Å². The van der Waals surface area contributed by atoms with Crippen molar-refractivity contribution in [3.8, 4) is 0 Å². The van der Waals surface area contributed by atoms with E-state index in [0.717, 1.165) is 19.0 Å². The molecule has 0 fully saturated rings. The number of nitrogens with one attached hydrogen (secondary N) is 2. The smallest absolute Gasteiger partial charge is 0.224 e. The number of hydrogen-bond donors (Lipinski definition) is 2. The van der Waals surface area contributed by atoms with E-state index in [1.165, 1.54) is 6.07 Å². The van der Waals surface area contributed by atoms with Gasteiger partial charge >= 0.3 is 0 Å². The highest BCUT2D eigenvalue weighted by Crippen LogP contribution is 2.29. The van der Waals surface area contributed by atoms with Gasteiger partial charge < -0.3 is 10.6 Å². The first-order chi connectivity index (χ1) is 10.0. The molecule has 0 bridgehead atoms. The Bertz CT molecular complexity index is 652. The third kappa shape index (κ3) is 4.10. The molecule has 1 heterocycles. The molecule has 0 amide bonds. The largest absolute Gasteiger partial charge is 0.354 e. The van der Waals surface area contributed by atoms with Gasteiger partial charge in [-0.2, -0.15) is 4.98 Å². The molecule has 0 saturated heterocycles. The molecule has 2 aromatic rings. The first-order valence-electron chi connectivity index (χ1n) is 6.19. The Labute approximate surface area is 137 Å². The third-order valence-corrected chi connectivity index (χ3v) is 3.73. The second-order valence-corrected chi connectivity index (χ2v) is 5.90. The Balaban J connectivity index is 2.28. The maximum Gasteiger partial charge on any atom is 0.224 e. The quantitative estimate of drug-likeness (QED) is 0.678. The maximum atomic E-state index is 13.8. The van der Waals surface area contributed by atoms with Crippen molar-refractivity contribution in [1.29, 1.82) is 0 Å². The molecular formula is C13H12Br2F2N4. The van der Waals surface area contributed by atoms with Crippen LogP contribution in [0.1, 0.15) is 13.3 Å². The van der Waals surface area contributed by atoms with Crippen LogP contribution in [0.2, 0.25) is 0 Å². The van der Waals surface area contributed by atoms with Crippen molar-refractivity contribution in [3.63, 3.8) is 0 Å². The lowest BCUT2D eigenvalue weighted by molar-refractivity contribution is 0.581. The second-order valence-electron chi connectivity index (χ2n) is 4.19. The van der Waals surface area contributed by atoms with Crippen molar-refractivity contribution in [3.05, 3.63) is 38.9 Å². The standard InChI is InChI=1S/C13H12Br2F2N4/c1-2-3-18-13-19-6-8(15)12(21-13)20-11-4-7(14)9(16)5-10(11)17/h4-6H,2-3H2,1H3,(H2,18,19,20,21). The molecule has 2 N–H and O–H groups in total. The Morgan fingerprint density at radius 1 is 1.14 bits per heavy atom. The molecule has 0 radical (unpaired) electrons. The lowest BCUT2D eigenvalue weighted by Gasteiger charge is -2.11. The summed E-state index contributed by atoms with van der Waals surface area (Å²) in [5.41, 5.74) is 0.115. The zero-order chi connectivity index (χ0) is 15.4. The number of aromatic nitrogens is 2. The van der Waals surface area contributed by atoms with Crippen LogP contribution < -0.4 is 10.6 Å². The van der Waals surface area contributed by atoms with Crippen molar-refractivity contribution in [2.24, 2.45) is 0 Å². The van der Waals surface area contributed by atoms with E-state index < -0.39 is 11.6 Å². The van der Waals surface area contributed by atoms with Crippen molar-refractivity contribution in [1.82, 2.24) is 9.97 Å². The first-order valence-corrected chi connectivity index (χ1v) is 7.77. The van der Waals surface area contributed by atoms with Crippen molar-refractivity contribution in [2.45, 2.75) is 13.3 Å². The Morgan fingerprint density at radius 2 is 1.90 bits per heavy atom. The predicted molar refractivity (Wildman–Crippen MR) is 85.9 cm³/mol. The average molecular weight is 422 g/mol. The summed E-state index contributed by atoms with van der Waals surface area (Å²) in [6, 6.07) is 2.12. The van der Waals surface area contributed by atoms with Crippen molar-refractivity contribution < 1.29 is 8.78 Å². The monoisotopic (exact) mass is 420 g/mol. The highest BCUT2D eigenvalue weighted by Gasteiger charge is 2.11. The molecule has 0 aliphatic rings. The van der Waals surface area contributed by atoms with Crippen LogP contribution in [-0.2, 0) is 0 Å². The maximum absolute atomic E-state index is 13.8. The van der Waals surface area contributed by atoms with Crippen molar-refractivity contribution in [2.75, 3.05) is 17.2 Å². The molecule has 1 aromatic carbocycles. The number of anilines is 3. The highest BCUT2D eigenvalue weighted by atomic mass is 79.9. The second kappa shape index (κ2) is 7.13. The highest BCUT2D eigenvalue weighted by molar-refractivity contribution is 9.10. The van der Waals surface area contributed by atoms with Crippen LogP contribution in [-0.4, -0.2) is 16.5 Å². The lowest BCUT2D eigenvalue weighted by Crippen LogP contribution is -2.06. The van der Waals surface area contributed by atoms with Crippen LogP contribution in [0.15, 0.2) is 27.3 Å². The normalized spacial score (nSPS) is 10.5. The molecule has 0 spiro atoms. The zero-order valence-electron chi connectivity index (χ0n) is 11.1. The van der Waals surface area contributed by atoms with E-state index in [2.05, 4.69) is 52.5 Å². The third-order valence-electron chi connectivity index (χ3n) is 2.54. The molecule has 4 nitrogen and oxygen atoms in total. The minimum absolute atomic E-state index is 0.115. The van der Waals surface area contributed by atoms with Gasteiger partial charge in [0.1, 0.15) is 17.5 Å². The molecule has 112 valence electrons. The van der Waals surface area contributed by atoms with Crippen molar-refractivity contribution >= 4 is 49.3 Å². The SMILES string of the molecule is CCCNc1ncc(Br)c(Nc2cc(Br)c(F)cc2F)n1. The van der Waals surface area contributed by atoms with Gasteiger partial charge in [-0.15, -0.1) is 0 Å². The van der Waals surface area contributed by atoms with E-state index in [1.54, 1.807) is 6.20 Å². The van der Waals surface area contributed by atoms with Gasteiger partial charge in [-0.05, 0) is 44.3 Å². The molecule has 2 rings (SSSR count). The van der Waals surface area contributed by atoms with Crippen LogP contribution >= 0.6 is 31.9 Å². The van der Waals surface area contributed by atoms with Crippen LogP contribution in [0, 0.1) is 11.6 Å². The summed E-state index contributed by atoms with van der Waals surface area (Å²) >= 11 is 6.31. The fraction of sp³-hybridized carbons (Fsp3) is 0.231. The van der Waals surface area contributed by atoms with Gasteiger partial charge in [0, 0.05) is 18.8 Å². The predicted octanol–water partition coefficient (Wildman–Crippen LogP) is 4.85. The Hall–Kier alpha value is -1.28. The fourth-order valence-corrected chi connectivity index (χ4v) is 2.16. The average Bonchev–Trinajstić information content (AvgIpc) is 2.45. The van der Waals surface area contributed by atoms with Crippen LogP contribution in [0.4, 0.5) is 26.2 Å². The van der Waals surface area contributed by atoms with E-state index >= 15 is 0 Å². The number of benzene rings is 1. The van der Waals surface area contributed by atoms with Gasteiger partial charge in [-0.3, -0.25) is 0 Å². The summed E-state index contributed by atoms with van der Waals surface area (Å²) in [5.74, 6) is -0.542. The number of halogens is 4. The van der Waals surface area contributed by atoms with Gasteiger partial charge in [-0.1, -0.05) is 6.92 Å². The van der Waals surface area contributed by atoms with E-state index in [9.17, 15) is 8.78 Å². The van der Waals surface area contributed by atoms with Crippen LogP contribution in [0.25, 0.3) is 0 Å². The minimum atomic E-state index is -0.704. The molecule has 0 atom stereocenters. The number of nitrogens with zero attached hydrogens (tertiary/aromatic N) is 2. The fourth-order valence-electron chi connectivity index (χ4n) is 1.52. The molecular weight excluding hydrogens is 410 g/mol. The lowest BCUT2D eigenvalue weighted by atomic mass is 10.3. The Kier molecular flexibility index (Phi) is 5.46. The van der Waals surface area contributed by atoms with E-state index in [0.29, 0.717) is 16.2 Å². The van der Waals surface area contributed by atoms with E-state index in [4.69, 9.17) is 0 Å². The first kappa shape index (κ1) is 16.1. The topological polar surface area (TPSA) is 49.8 Å². The Morgan fingerprint density at radius 3 is 2.62 bits per heavy atom. The van der Waals surface area contributed by atoms with E-state index in [-0.39, 0.29) is 10.2 Å². The van der Waals surface area contributed by atoms with Crippen LogP contribution in [0.5, 0.6) is 0 Å². The number of hydrogen-bond acceptors (Lipinski definition) is 4. The summed E-state index contributed by atoms with van der Waals surface area (Å²) < 4.78 is 27.7. The summed E-state index contributed by atoms with van der Waals surface area (Å²) in [5, 5.41) is 5.85. The van der Waals surface area contributed by atoms with Gasteiger partial charge in [0.05, 0.1) is 14.6 Å². The molecule has 0 aliphatic heterocycles. The summed E-state index contributed by atoms with van der Waals surface area (Å²) in [7, 11) is 0. The number of rotatable bonds is 5. The summed E-state index contributed by atoms with van der Waals surface area (Å²) in [6.07, 6.45) is 2.49. The van der Waals surface area contributed by atoms with E-state index in [1.807, 2.05) is 6.92 Å². The molecule has 0 aliphatic carbocycles. The zero-order valence-corrected chi connectivity index (χ0v) is 14.2.